The summed E-state index contributed by atoms with van der Waals surface area (Å²) in [6, 6.07) is 22.1. The Labute approximate surface area is 170 Å². The molecule has 0 N–H and O–H groups in total. The monoisotopic (exact) mass is 395 g/mol. The van der Waals surface area contributed by atoms with E-state index in [0.717, 1.165) is 5.69 Å². The lowest BCUT2D eigenvalue weighted by atomic mass is 10.00. The van der Waals surface area contributed by atoms with E-state index in [4.69, 9.17) is 4.98 Å². The summed E-state index contributed by atoms with van der Waals surface area (Å²) >= 11 is 3.77. The molecule has 0 fully saturated rings. The van der Waals surface area contributed by atoms with Crippen molar-refractivity contribution in [3.63, 3.8) is 0 Å². The van der Waals surface area contributed by atoms with Gasteiger partial charge in [-0.3, -0.25) is 4.98 Å². The summed E-state index contributed by atoms with van der Waals surface area (Å²) in [5.74, 6) is 0. The van der Waals surface area contributed by atoms with Crippen molar-refractivity contribution in [3.05, 3.63) is 78.0 Å². The molecule has 0 amide bonds. The Kier molecular flexibility index (Phi) is 3.40. The molecule has 28 heavy (non-hydrogen) atoms. The quantitative estimate of drug-likeness (QED) is 0.274. The van der Waals surface area contributed by atoms with Crippen molar-refractivity contribution in [2.75, 3.05) is 0 Å². The van der Waals surface area contributed by atoms with Crippen molar-refractivity contribution in [3.8, 4) is 11.3 Å². The smallest absolute Gasteiger partial charge is 0.0719 e. The van der Waals surface area contributed by atoms with Gasteiger partial charge in [0.2, 0.25) is 0 Å². The number of nitrogens with zero attached hydrogens (tertiary/aromatic N) is 1. The zero-order valence-corrected chi connectivity index (χ0v) is 17.2. The topological polar surface area (TPSA) is 12.9 Å². The number of thiophene rings is 2. The van der Waals surface area contributed by atoms with Crippen molar-refractivity contribution in [2.24, 2.45) is 0 Å². The number of hydrogen-bond acceptors (Lipinski definition) is 3. The molecule has 0 saturated heterocycles. The predicted molar refractivity (Wildman–Crippen MR) is 125 cm³/mol. The fraction of sp³-hybridized carbons (Fsp3) is 0.0800. The van der Waals surface area contributed by atoms with Gasteiger partial charge in [-0.05, 0) is 49.2 Å². The standard InChI is InChI=1S/C25H17NS2/c1-14-11-19(26-13-15(14)2)18-12-22-23(16-7-3-5-9-20(16)27-22)24-17-8-4-6-10-21(17)28-25(18)24/h3-13H,1-2H3. The third-order valence-corrected chi connectivity index (χ3v) is 7.96. The molecule has 0 radical (unpaired) electrons. The summed E-state index contributed by atoms with van der Waals surface area (Å²) in [6.45, 7) is 4.29. The Morgan fingerprint density at radius 1 is 0.679 bits per heavy atom. The summed E-state index contributed by atoms with van der Waals surface area (Å²) in [6.07, 6.45) is 2.00. The molecule has 0 saturated carbocycles. The second-order valence-corrected chi connectivity index (χ2v) is 9.49. The highest BCUT2D eigenvalue weighted by Crippen LogP contribution is 2.48. The predicted octanol–water partition coefficient (Wildman–Crippen LogP) is 8.10. The van der Waals surface area contributed by atoms with Crippen LogP contribution in [0.25, 0.3) is 51.6 Å². The van der Waals surface area contributed by atoms with Crippen LogP contribution in [-0.4, -0.2) is 4.98 Å². The number of hydrogen-bond donors (Lipinski definition) is 0. The minimum atomic E-state index is 1.07. The van der Waals surface area contributed by atoms with Crippen molar-refractivity contribution in [1.82, 2.24) is 4.98 Å². The fourth-order valence-electron chi connectivity index (χ4n) is 4.07. The van der Waals surface area contributed by atoms with Gasteiger partial charge in [0.15, 0.2) is 0 Å². The molecular formula is C25H17NS2. The van der Waals surface area contributed by atoms with E-state index in [1.807, 2.05) is 28.9 Å². The Morgan fingerprint density at radius 2 is 1.36 bits per heavy atom. The van der Waals surface area contributed by atoms with E-state index < -0.39 is 0 Å². The van der Waals surface area contributed by atoms with Crippen LogP contribution in [0.5, 0.6) is 0 Å². The highest BCUT2D eigenvalue weighted by Gasteiger charge is 2.18. The molecule has 6 rings (SSSR count). The second-order valence-electron chi connectivity index (χ2n) is 7.35. The molecular weight excluding hydrogens is 378 g/mol. The van der Waals surface area contributed by atoms with Crippen LogP contribution in [0.4, 0.5) is 0 Å². The van der Waals surface area contributed by atoms with Crippen LogP contribution in [-0.2, 0) is 0 Å². The van der Waals surface area contributed by atoms with E-state index in [1.54, 1.807) is 0 Å². The third kappa shape index (κ3) is 2.20. The first-order chi connectivity index (χ1) is 13.7. The highest BCUT2D eigenvalue weighted by atomic mass is 32.1. The molecule has 3 heterocycles. The summed E-state index contributed by atoms with van der Waals surface area (Å²) in [5.41, 5.74) is 4.84. The van der Waals surface area contributed by atoms with Crippen molar-refractivity contribution < 1.29 is 0 Å². The van der Waals surface area contributed by atoms with Gasteiger partial charge in [0.1, 0.15) is 0 Å². The molecule has 134 valence electrons. The maximum Gasteiger partial charge on any atom is 0.0719 e. The molecule has 0 aliphatic carbocycles. The molecule has 3 aromatic heterocycles. The Balaban J connectivity index is 1.87. The molecule has 0 aliphatic rings. The zero-order chi connectivity index (χ0) is 18.8. The second kappa shape index (κ2) is 5.87. The van der Waals surface area contributed by atoms with Crippen LogP contribution in [0.3, 0.4) is 0 Å². The number of aromatic nitrogens is 1. The molecule has 0 spiro atoms. The van der Waals surface area contributed by atoms with Crippen LogP contribution in [0, 0.1) is 13.8 Å². The minimum absolute atomic E-state index is 1.07. The van der Waals surface area contributed by atoms with Gasteiger partial charge in [-0.2, -0.15) is 0 Å². The number of pyridine rings is 1. The molecule has 6 aromatic rings. The van der Waals surface area contributed by atoms with Crippen molar-refractivity contribution in [1.29, 1.82) is 0 Å². The van der Waals surface area contributed by atoms with Crippen LogP contribution in [0.15, 0.2) is 66.9 Å². The lowest BCUT2D eigenvalue weighted by Gasteiger charge is -2.07. The molecule has 1 nitrogen and oxygen atoms in total. The van der Waals surface area contributed by atoms with Gasteiger partial charge < -0.3 is 0 Å². The third-order valence-electron chi connectivity index (χ3n) is 5.64. The number of fused-ring (bicyclic) bond motifs is 7. The molecule has 3 aromatic carbocycles. The average molecular weight is 396 g/mol. The van der Waals surface area contributed by atoms with Crippen LogP contribution in [0.1, 0.15) is 11.1 Å². The van der Waals surface area contributed by atoms with Crippen molar-refractivity contribution >= 4 is 63.0 Å². The SMILES string of the molecule is Cc1cnc(-c2cc3sc4ccccc4c3c3c2sc2ccccc23)cc1C. The van der Waals surface area contributed by atoms with E-state index >= 15 is 0 Å². The highest BCUT2D eigenvalue weighted by molar-refractivity contribution is 7.28. The largest absolute Gasteiger partial charge is 0.256 e. The van der Waals surface area contributed by atoms with Gasteiger partial charge in [0.05, 0.1) is 5.69 Å². The fourth-order valence-corrected chi connectivity index (χ4v) is 6.45. The molecule has 0 aliphatic heterocycles. The summed E-state index contributed by atoms with van der Waals surface area (Å²) < 4.78 is 5.37. The number of benzene rings is 3. The maximum atomic E-state index is 4.80. The van der Waals surface area contributed by atoms with Gasteiger partial charge in [0, 0.05) is 52.1 Å². The van der Waals surface area contributed by atoms with Gasteiger partial charge >= 0.3 is 0 Å². The van der Waals surface area contributed by atoms with Gasteiger partial charge in [-0.15, -0.1) is 22.7 Å². The lowest BCUT2D eigenvalue weighted by molar-refractivity contribution is 1.22. The van der Waals surface area contributed by atoms with E-state index in [0.29, 0.717) is 0 Å². The van der Waals surface area contributed by atoms with Crippen LogP contribution >= 0.6 is 22.7 Å². The van der Waals surface area contributed by atoms with Gasteiger partial charge in [-0.25, -0.2) is 0 Å². The molecule has 3 heteroatoms. The lowest BCUT2D eigenvalue weighted by Crippen LogP contribution is -1.88. The first-order valence-corrected chi connectivity index (χ1v) is 11.0. The summed E-state index contributed by atoms with van der Waals surface area (Å²) in [7, 11) is 0. The number of rotatable bonds is 1. The Morgan fingerprint density at radius 3 is 2.11 bits per heavy atom. The van der Waals surface area contributed by atoms with E-state index in [1.165, 1.54) is 57.0 Å². The average Bonchev–Trinajstić information content (AvgIpc) is 3.27. The van der Waals surface area contributed by atoms with Gasteiger partial charge in [-0.1, -0.05) is 36.4 Å². The summed E-state index contributed by atoms with van der Waals surface area (Å²) in [4.78, 5) is 4.80. The normalized spacial score (nSPS) is 11.9. The molecule has 0 unspecified atom stereocenters. The Bertz CT molecular complexity index is 1530. The van der Waals surface area contributed by atoms with E-state index in [2.05, 4.69) is 74.5 Å². The van der Waals surface area contributed by atoms with Crippen LogP contribution < -0.4 is 0 Å². The van der Waals surface area contributed by atoms with Crippen molar-refractivity contribution in [2.45, 2.75) is 13.8 Å². The first kappa shape index (κ1) is 16.2. The maximum absolute atomic E-state index is 4.80. The van der Waals surface area contributed by atoms with E-state index in [9.17, 15) is 0 Å². The summed E-state index contributed by atoms with van der Waals surface area (Å²) in [5, 5.41) is 5.48. The van der Waals surface area contributed by atoms with Crippen LogP contribution in [0.2, 0.25) is 0 Å². The van der Waals surface area contributed by atoms with E-state index in [-0.39, 0.29) is 0 Å². The molecule has 0 bridgehead atoms. The Hall–Kier alpha value is -2.75. The molecule has 0 atom stereocenters. The first-order valence-electron chi connectivity index (χ1n) is 9.40. The minimum Gasteiger partial charge on any atom is -0.256 e. The number of aryl methyl sites for hydroxylation is 2. The van der Waals surface area contributed by atoms with Gasteiger partial charge in [0.25, 0.3) is 0 Å². The zero-order valence-electron chi connectivity index (χ0n) is 15.6.